The first kappa shape index (κ1) is 27.7. The second kappa shape index (κ2) is 11.7. The number of carbonyl (C=O) groups excluding carboxylic acids is 2. The quantitative estimate of drug-likeness (QED) is 0.494. The Hall–Kier alpha value is -3.55. The first-order chi connectivity index (χ1) is 16.2. The van der Waals surface area contributed by atoms with E-state index in [0.29, 0.717) is 5.75 Å². The Morgan fingerprint density at radius 3 is 1.83 bits per heavy atom. The molecule has 8 nitrogen and oxygen atoms in total. The lowest BCUT2D eigenvalue weighted by molar-refractivity contribution is -0.142. The van der Waals surface area contributed by atoms with Crippen LogP contribution in [-0.2, 0) is 27.2 Å². The fraction of sp³-hybridized carbons (Fsp3) is 0.444. The Balaban J connectivity index is 2.14. The molecule has 0 aliphatic carbocycles. The summed E-state index contributed by atoms with van der Waals surface area (Å²) in [6.07, 6.45) is -0.506. The van der Waals surface area contributed by atoms with E-state index in [-0.39, 0.29) is 18.4 Å². The van der Waals surface area contributed by atoms with Crippen molar-refractivity contribution >= 4 is 18.0 Å². The summed E-state index contributed by atoms with van der Waals surface area (Å²) in [4.78, 5) is 37.4. The van der Waals surface area contributed by atoms with Crippen LogP contribution < -0.4 is 15.4 Å². The molecule has 0 saturated carbocycles. The predicted octanol–water partition coefficient (Wildman–Crippen LogP) is 4.11. The molecule has 3 N–H and O–H groups in total. The maximum absolute atomic E-state index is 13.1. The van der Waals surface area contributed by atoms with Crippen molar-refractivity contribution in [2.24, 2.45) is 0 Å². The topological polar surface area (TPSA) is 114 Å². The number of carboxylic acid groups (broad SMARTS) is 1. The molecule has 190 valence electrons. The zero-order valence-corrected chi connectivity index (χ0v) is 21.3. The summed E-state index contributed by atoms with van der Waals surface area (Å²) in [6, 6.07) is 14.0. The summed E-state index contributed by atoms with van der Waals surface area (Å²) in [5.41, 5.74) is 0.432. The monoisotopic (exact) mass is 484 g/mol. The largest absolute Gasteiger partial charge is 0.488 e. The van der Waals surface area contributed by atoms with Gasteiger partial charge in [-0.3, -0.25) is 4.79 Å². The first-order valence-electron chi connectivity index (χ1n) is 11.6. The van der Waals surface area contributed by atoms with Crippen molar-refractivity contribution in [3.8, 4) is 5.75 Å². The molecule has 2 aromatic rings. The fourth-order valence-corrected chi connectivity index (χ4v) is 3.26. The van der Waals surface area contributed by atoms with Crippen LogP contribution in [0.2, 0.25) is 0 Å². The van der Waals surface area contributed by atoms with Crippen LogP contribution in [0.4, 0.5) is 4.79 Å². The Labute approximate surface area is 207 Å². The molecule has 0 heterocycles. The van der Waals surface area contributed by atoms with Crippen LogP contribution in [0.3, 0.4) is 0 Å². The van der Waals surface area contributed by atoms with Crippen LogP contribution in [0, 0.1) is 0 Å². The van der Waals surface area contributed by atoms with Gasteiger partial charge in [0.05, 0.1) is 0 Å². The Kier molecular flexibility index (Phi) is 9.28. The average molecular weight is 485 g/mol. The Morgan fingerprint density at radius 1 is 0.771 bits per heavy atom. The van der Waals surface area contributed by atoms with Gasteiger partial charge in [0.1, 0.15) is 29.0 Å². The van der Waals surface area contributed by atoms with Gasteiger partial charge in [0, 0.05) is 12.8 Å². The van der Waals surface area contributed by atoms with E-state index >= 15 is 0 Å². The molecule has 0 aliphatic rings. The van der Waals surface area contributed by atoms with Crippen LogP contribution in [0.5, 0.6) is 5.75 Å². The van der Waals surface area contributed by atoms with Gasteiger partial charge in [0.15, 0.2) is 0 Å². The molecule has 0 bridgehead atoms. The summed E-state index contributed by atoms with van der Waals surface area (Å²) < 4.78 is 11.1. The minimum atomic E-state index is -1.18. The third-order valence-electron chi connectivity index (χ3n) is 4.69. The zero-order chi connectivity index (χ0) is 26.2. The van der Waals surface area contributed by atoms with E-state index in [2.05, 4.69) is 10.6 Å². The standard InChI is InChI=1S/C27H36N2O6/c1-26(2,3)34-20-14-12-19(13-15-20)17-22(24(31)32)28-23(30)21(16-18-10-8-7-9-11-18)29-25(33)35-27(4,5)6/h7-15,21-22H,16-17H2,1-6H3,(H,28,30)(H,29,33)(H,31,32)/t21-,22+/m1/s1. The molecule has 2 amide bonds. The van der Waals surface area contributed by atoms with Gasteiger partial charge in [0.2, 0.25) is 5.91 Å². The molecule has 0 spiro atoms. The lowest BCUT2D eigenvalue weighted by Crippen LogP contribution is -2.53. The predicted molar refractivity (Wildman–Crippen MR) is 133 cm³/mol. The van der Waals surface area contributed by atoms with E-state index in [9.17, 15) is 19.5 Å². The van der Waals surface area contributed by atoms with Gasteiger partial charge in [-0.15, -0.1) is 0 Å². The fourth-order valence-electron chi connectivity index (χ4n) is 3.26. The number of rotatable bonds is 9. The van der Waals surface area contributed by atoms with Crippen LogP contribution in [0.25, 0.3) is 0 Å². The molecule has 0 saturated heterocycles. The number of benzene rings is 2. The Morgan fingerprint density at radius 2 is 1.31 bits per heavy atom. The summed E-state index contributed by atoms with van der Waals surface area (Å²) in [5.74, 6) is -1.12. The smallest absolute Gasteiger partial charge is 0.408 e. The van der Waals surface area contributed by atoms with Crippen LogP contribution in [0.1, 0.15) is 52.7 Å². The molecule has 0 radical (unpaired) electrons. The summed E-state index contributed by atoms with van der Waals surface area (Å²) >= 11 is 0. The number of nitrogens with one attached hydrogen (secondary N) is 2. The van der Waals surface area contributed by atoms with E-state index < -0.39 is 35.7 Å². The molecule has 0 unspecified atom stereocenters. The molecular weight excluding hydrogens is 448 g/mol. The van der Waals surface area contributed by atoms with Crippen molar-refractivity contribution in [2.75, 3.05) is 0 Å². The van der Waals surface area contributed by atoms with Gasteiger partial charge >= 0.3 is 12.1 Å². The van der Waals surface area contributed by atoms with Gasteiger partial charge in [-0.05, 0) is 64.8 Å². The molecule has 0 aromatic heterocycles. The van der Waals surface area contributed by atoms with Crippen molar-refractivity contribution in [1.29, 1.82) is 0 Å². The second-order valence-corrected chi connectivity index (χ2v) is 10.4. The zero-order valence-electron chi connectivity index (χ0n) is 21.3. The van der Waals surface area contributed by atoms with Gasteiger partial charge in [-0.25, -0.2) is 9.59 Å². The molecule has 0 fully saturated rings. The highest BCUT2D eigenvalue weighted by molar-refractivity contribution is 5.89. The number of ether oxygens (including phenoxy) is 2. The normalized spacial score (nSPS) is 13.3. The summed E-state index contributed by atoms with van der Waals surface area (Å²) in [5, 5.41) is 14.9. The van der Waals surface area contributed by atoms with Crippen molar-refractivity contribution in [1.82, 2.24) is 10.6 Å². The highest BCUT2D eigenvalue weighted by Gasteiger charge is 2.28. The van der Waals surface area contributed by atoms with E-state index in [1.54, 1.807) is 45.0 Å². The summed E-state index contributed by atoms with van der Waals surface area (Å²) in [6.45, 7) is 11.0. The van der Waals surface area contributed by atoms with Crippen molar-refractivity contribution in [3.63, 3.8) is 0 Å². The minimum Gasteiger partial charge on any atom is -0.488 e. The van der Waals surface area contributed by atoms with Gasteiger partial charge in [-0.2, -0.15) is 0 Å². The molecule has 2 rings (SSSR count). The number of carboxylic acids is 1. The van der Waals surface area contributed by atoms with Gasteiger partial charge in [0.25, 0.3) is 0 Å². The van der Waals surface area contributed by atoms with Crippen molar-refractivity contribution in [2.45, 2.75) is 77.7 Å². The number of aliphatic carboxylic acids is 1. The van der Waals surface area contributed by atoms with E-state index in [0.717, 1.165) is 11.1 Å². The lowest BCUT2D eigenvalue weighted by Gasteiger charge is -2.25. The molecular formula is C27H36N2O6. The summed E-state index contributed by atoms with van der Waals surface area (Å²) in [7, 11) is 0. The third-order valence-corrected chi connectivity index (χ3v) is 4.69. The first-order valence-corrected chi connectivity index (χ1v) is 11.6. The molecule has 2 aromatic carbocycles. The van der Waals surface area contributed by atoms with Crippen molar-refractivity contribution in [3.05, 3.63) is 65.7 Å². The maximum Gasteiger partial charge on any atom is 0.408 e. The van der Waals surface area contributed by atoms with E-state index in [1.165, 1.54) is 0 Å². The Bertz CT molecular complexity index is 991. The minimum absolute atomic E-state index is 0.0708. The van der Waals surface area contributed by atoms with Crippen LogP contribution >= 0.6 is 0 Å². The highest BCUT2D eigenvalue weighted by Crippen LogP contribution is 2.19. The van der Waals surface area contributed by atoms with E-state index in [1.807, 2.05) is 51.1 Å². The molecule has 8 heteroatoms. The SMILES string of the molecule is CC(C)(C)OC(=O)N[C@H](Cc1ccccc1)C(=O)N[C@@H](Cc1ccc(OC(C)(C)C)cc1)C(=O)O. The molecule has 2 atom stereocenters. The number of alkyl carbamates (subject to hydrolysis) is 1. The molecule has 0 aliphatic heterocycles. The van der Waals surface area contributed by atoms with Crippen LogP contribution in [0.15, 0.2) is 54.6 Å². The van der Waals surface area contributed by atoms with E-state index in [4.69, 9.17) is 9.47 Å². The average Bonchev–Trinajstić information content (AvgIpc) is 2.72. The molecule has 35 heavy (non-hydrogen) atoms. The number of carbonyl (C=O) groups is 3. The number of amides is 2. The second-order valence-electron chi connectivity index (χ2n) is 10.4. The van der Waals surface area contributed by atoms with Crippen LogP contribution in [-0.4, -0.2) is 46.4 Å². The lowest BCUT2D eigenvalue weighted by atomic mass is 10.0. The van der Waals surface area contributed by atoms with Gasteiger partial charge in [-0.1, -0.05) is 42.5 Å². The third kappa shape index (κ3) is 10.5. The van der Waals surface area contributed by atoms with Gasteiger partial charge < -0.3 is 25.2 Å². The maximum atomic E-state index is 13.1. The highest BCUT2D eigenvalue weighted by atomic mass is 16.6. The number of hydrogen-bond donors (Lipinski definition) is 3. The number of hydrogen-bond acceptors (Lipinski definition) is 5. The van der Waals surface area contributed by atoms with Crippen molar-refractivity contribution < 1.29 is 29.0 Å².